The summed E-state index contributed by atoms with van der Waals surface area (Å²) >= 11 is 1.58. The van der Waals surface area contributed by atoms with E-state index < -0.39 is 0 Å². The van der Waals surface area contributed by atoms with E-state index in [2.05, 4.69) is 135 Å². The fourth-order valence-corrected chi connectivity index (χ4v) is 4.51. The van der Waals surface area contributed by atoms with E-state index in [1.54, 1.807) is 23.3 Å². The van der Waals surface area contributed by atoms with Gasteiger partial charge in [-0.1, -0.05) is 97.8 Å². The first-order valence-electron chi connectivity index (χ1n) is 11.5. The van der Waals surface area contributed by atoms with E-state index >= 15 is 0 Å². The summed E-state index contributed by atoms with van der Waals surface area (Å²) in [5.74, 6) is 0. The van der Waals surface area contributed by atoms with E-state index in [0.717, 1.165) is 0 Å². The predicted molar refractivity (Wildman–Crippen MR) is 148 cm³/mol. The molecule has 0 saturated carbocycles. The van der Waals surface area contributed by atoms with Crippen LogP contribution in [0.3, 0.4) is 0 Å². The SMILES string of the molecule is Cc1cc2c(-c3ccccc3)cccc2[cH-]1.Cc1cc2c(-c3ccccc3)cccc2[cH-]1.[SiH2]=[Zr+2]. The molecule has 0 nitrogen and oxygen atoms in total. The average Bonchev–Trinajstić information content (AvgIpc) is 3.47. The summed E-state index contributed by atoms with van der Waals surface area (Å²) in [6, 6.07) is 43.1. The summed E-state index contributed by atoms with van der Waals surface area (Å²) in [6.45, 7) is 6.25. The number of benzene rings is 4. The molecule has 0 radical (unpaired) electrons. The Bertz CT molecular complexity index is 1370. The van der Waals surface area contributed by atoms with Gasteiger partial charge in [-0.15, -0.1) is 69.1 Å². The molecule has 0 bridgehead atoms. The molecule has 0 aliphatic rings. The summed E-state index contributed by atoms with van der Waals surface area (Å²) in [4.78, 5) is 0. The van der Waals surface area contributed by atoms with Crippen molar-refractivity contribution in [2.75, 3.05) is 0 Å². The van der Waals surface area contributed by atoms with Crippen molar-refractivity contribution in [1.29, 1.82) is 0 Å². The van der Waals surface area contributed by atoms with E-state index in [1.807, 2.05) is 6.88 Å². The van der Waals surface area contributed by atoms with Gasteiger partial charge in [-0.3, -0.25) is 0 Å². The molecule has 2 heteroatoms. The molecule has 0 fully saturated rings. The third kappa shape index (κ3) is 5.46. The molecule has 0 atom stereocenters. The van der Waals surface area contributed by atoms with Gasteiger partial charge in [0.1, 0.15) is 0 Å². The topological polar surface area (TPSA) is 0 Å². The first kappa shape index (κ1) is 24.3. The Morgan fingerprint density at radius 1 is 0.500 bits per heavy atom. The van der Waals surface area contributed by atoms with Crippen molar-refractivity contribution in [2.45, 2.75) is 13.8 Å². The molecule has 0 saturated heterocycles. The predicted octanol–water partition coefficient (Wildman–Crippen LogP) is 8.15. The van der Waals surface area contributed by atoms with Crippen LogP contribution in [-0.4, -0.2) is 6.88 Å². The second-order valence-corrected chi connectivity index (χ2v) is 8.41. The van der Waals surface area contributed by atoms with Gasteiger partial charge in [0.05, 0.1) is 0 Å². The summed E-state index contributed by atoms with van der Waals surface area (Å²) in [7, 11) is 0. The molecule has 34 heavy (non-hydrogen) atoms. The Balaban J connectivity index is 0.000000150. The second-order valence-electron chi connectivity index (χ2n) is 8.41. The van der Waals surface area contributed by atoms with E-state index in [1.165, 1.54) is 54.9 Å². The van der Waals surface area contributed by atoms with Gasteiger partial charge in [-0.25, -0.2) is 0 Å². The molecule has 0 unspecified atom stereocenters. The normalized spacial score (nSPS) is 10.4. The van der Waals surface area contributed by atoms with Crippen LogP contribution in [0.5, 0.6) is 0 Å². The van der Waals surface area contributed by atoms with Crippen LogP contribution in [0.1, 0.15) is 11.1 Å². The molecule has 0 aliphatic carbocycles. The Morgan fingerprint density at radius 3 is 1.26 bits per heavy atom. The van der Waals surface area contributed by atoms with Crippen molar-refractivity contribution in [3.05, 3.63) is 132 Å². The number of aryl methyl sites for hydroxylation is 2. The zero-order valence-corrected chi connectivity index (χ0v) is 23.6. The fraction of sp³-hybridized carbons (Fsp3) is 0.0625. The molecule has 0 heterocycles. The minimum atomic E-state index is 1.29. The second kappa shape index (κ2) is 11.6. The molecule has 6 aromatic rings. The van der Waals surface area contributed by atoms with E-state index in [9.17, 15) is 0 Å². The molecule has 0 N–H and O–H groups in total. The van der Waals surface area contributed by atoms with E-state index in [-0.39, 0.29) is 0 Å². The first-order chi connectivity index (χ1) is 16.7. The quantitative estimate of drug-likeness (QED) is 0.156. The van der Waals surface area contributed by atoms with Crippen LogP contribution in [0.2, 0.25) is 0 Å². The molecule has 0 amide bonds. The van der Waals surface area contributed by atoms with Gasteiger partial charge in [-0.2, -0.15) is 12.1 Å². The Hall–Kier alpha value is -2.80. The van der Waals surface area contributed by atoms with Gasteiger partial charge in [0, 0.05) is 0 Å². The minimum absolute atomic E-state index is 1.29. The van der Waals surface area contributed by atoms with Crippen LogP contribution in [0.15, 0.2) is 121 Å². The van der Waals surface area contributed by atoms with Crippen molar-refractivity contribution in [3.8, 4) is 22.3 Å². The van der Waals surface area contributed by atoms with E-state index in [0.29, 0.717) is 0 Å². The van der Waals surface area contributed by atoms with Crippen LogP contribution in [0.25, 0.3) is 43.8 Å². The summed E-state index contributed by atoms with van der Waals surface area (Å²) < 4.78 is 0. The van der Waals surface area contributed by atoms with Crippen molar-refractivity contribution in [1.82, 2.24) is 0 Å². The molecular formula is C32H28SiZr. The maximum absolute atomic E-state index is 2.26. The third-order valence-electron chi connectivity index (χ3n) is 5.96. The number of hydrogen-bond acceptors (Lipinski definition) is 0. The standard InChI is InChI=1S/2C16H13.H2Si.Zr/c2*1-12-10-14-8-5-9-15(16(14)11-12)13-6-3-2-4-7-13;;/h2*2-11H,1H3;1H2;/q2*-1;;+2. The third-order valence-corrected chi connectivity index (χ3v) is 5.96. The van der Waals surface area contributed by atoms with Crippen LogP contribution in [0.4, 0.5) is 0 Å². The molecule has 0 spiro atoms. The van der Waals surface area contributed by atoms with Gasteiger partial charge < -0.3 is 0 Å². The molecule has 0 aliphatic heterocycles. The van der Waals surface area contributed by atoms with Crippen LogP contribution in [-0.2, 0) is 23.3 Å². The fourth-order valence-electron chi connectivity index (χ4n) is 4.51. The Morgan fingerprint density at radius 2 is 0.882 bits per heavy atom. The number of rotatable bonds is 2. The van der Waals surface area contributed by atoms with Crippen LogP contribution < -0.4 is 0 Å². The van der Waals surface area contributed by atoms with Crippen LogP contribution >= 0.6 is 0 Å². The summed E-state index contributed by atoms with van der Waals surface area (Å²) in [6.07, 6.45) is 0. The van der Waals surface area contributed by atoms with Crippen molar-refractivity contribution in [2.24, 2.45) is 0 Å². The van der Waals surface area contributed by atoms with Gasteiger partial charge >= 0.3 is 30.2 Å². The zero-order valence-electron chi connectivity index (χ0n) is 19.8. The Labute approximate surface area is 219 Å². The Kier molecular flexibility index (Phi) is 8.27. The molecule has 6 aromatic carbocycles. The number of hydrogen-bond donors (Lipinski definition) is 0. The zero-order chi connectivity index (χ0) is 23.9. The van der Waals surface area contributed by atoms with Gasteiger partial charge in [0.15, 0.2) is 0 Å². The first-order valence-corrected chi connectivity index (χ1v) is 17.4. The maximum atomic E-state index is 2.26. The van der Waals surface area contributed by atoms with Gasteiger partial charge in [0.25, 0.3) is 0 Å². The van der Waals surface area contributed by atoms with Crippen molar-refractivity contribution >= 4 is 28.4 Å². The average molecular weight is 532 g/mol. The molecule has 164 valence electrons. The van der Waals surface area contributed by atoms with Crippen molar-refractivity contribution < 1.29 is 23.3 Å². The number of fused-ring (bicyclic) bond motifs is 2. The molecule has 6 rings (SSSR count). The van der Waals surface area contributed by atoms with E-state index in [4.69, 9.17) is 0 Å². The summed E-state index contributed by atoms with van der Waals surface area (Å²) in [5.41, 5.74) is 7.89. The molecular weight excluding hydrogens is 504 g/mol. The van der Waals surface area contributed by atoms with Gasteiger partial charge in [-0.05, 0) is 11.1 Å². The molecule has 0 aromatic heterocycles. The van der Waals surface area contributed by atoms with Gasteiger partial charge in [0.2, 0.25) is 0 Å². The summed E-state index contributed by atoms with van der Waals surface area (Å²) in [5, 5.41) is 5.37. The monoisotopic (exact) mass is 530 g/mol. The van der Waals surface area contributed by atoms with Crippen LogP contribution in [0, 0.1) is 13.8 Å². The van der Waals surface area contributed by atoms with Crippen molar-refractivity contribution in [3.63, 3.8) is 0 Å².